The summed E-state index contributed by atoms with van der Waals surface area (Å²) in [5.41, 5.74) is 1.13. The number of methoxy groups -OCH3 is 1. The van der Waals surface area contributed by atoms with E-state index in [9.17, 15) is 15.2 Å². The molecule has 0 saturated carbocycles. The highest BCUT2D eigenvalue weighted by molar-refractivity contribution is 9.10. The van der Waals surface area contributed by atoms with E-state index in [-0.39, 0.29) is 23.1 Å². The zero-order valence-electron chi connectivity index (χ0n) is 13.8. The molecule has 0 aliphatic carbocycles. The van der Waals surface area contributed by atoms with Gasteiger partial charge in [-0.3, -0.25) is 4.79 Å². The third-order valence-electron chi connectivity index (χ3n) is 3.60. The van der Waals surface area contributed by atoms with Gasteiger partial charge in [0.15, 0.2) is 11.5 Å². The van der Waals surface area contributed by atoms with Crippen molar-refractivity contribution in [3.05, 3.63) is 63.6 Å². The smallest absolute Gasteiger partial charge is 0.262 e. The normalized spacial score (nSPS) is 12.2. The molecule has 25 heavy (non-hydrogen) atoms. The van der Waals surface area contributed by atoms with E-state index in [1.165, 1.54) is 13.2 Å². The van der Waals surface area contributed by atoms with E-state index in [0.717, 1.165) is 5.56 Å². The van der Waals surface area contributed by atoms with E-state index in [4.69, 9.17) is 4.74 Å². The van der Waals surface area contributed by atoms with Gasteiger partial charge in [0, 0.05) is 10.0 Å². The second-order valence-electron chi connectivity index (χ2n) is 5.32. The number of ether oxygens (including phenoxy) is 1. The number of nitrogens with one attached hydrogen (secondary N) is 1. The van der Waals surface area contributed by atoms with Gasteiger partial charge in [-0.1, -0.05) is 46.3 Å². The van der Waals surface area contributed by atoms with Crippen LogP contribution in [-0.4, -0.2) is 18.1 Å². The lowest BCUT2D eigenvalue weighted by Gasteiger charge is -2.14. The van der Waals surface area contributed by atoms with Gasteiger partial charge in [0.25, 0.3) is 5.91 Å². The largest absolute Gasteiger partial charge is 0.504 e. The van der Waals surface area contributed by atoms with Gasteiger partial charge in [-0.25, -0.2) is 0 Å². The third-order valence-corrected chi connectivity index (χ3v) is 4.06. The Kier molecular flexibility index (Phi) is 6.20. The van der Waals surface area contributed by atoms with Crippen molar-refractivity contribution in [2.24, 2.45) is 0 Å². The minimum absolute atomic E-state index is 0.113. The number of halogens is 1. The monoisotopic (exact) mass is 400 g/mol. The first-order valence-electron chi connectivity index (χ1n) is 7.50. The Bertz CT molecular complexity index is 842. The van der Waals surface area contributed by atoms with Gasteiger partial charge >= 0.3 is 0 Å². The lowest BCUT2D eigenvalue weighted by Crippen LogP contribution is -2.27. The first-order valence-corrected chi connectivity index (χ1v) is 8.29. The van der Waals surface area contributed by atoms with Gasteiger partial charge in [-0.2, -0.15) is 5.26 Å². The second-order valence-corrected chi connectivity index (χ2v) is 6.24. The number of carbonyl (C=O) groups excluding carboxylic acids is 1. The zero-order chi connectivity index (χ0) is 18.4. The molecule has 1 atom stereocenters. The van der Waals surface area contributed by atoms with Crippen LogP contribution in [0.2, 0.25) is 0 Å². The van der Waals surface area contributed by atoms with Crippen LogP contribution in [0.5, 0.6) is 11.5 Å². The van der Waals surface area contributed by atoms with Gasteiger partial charge in [-0.05, 0) is 30.7 Å². The van der Waals surface area contributed by atoms with Crippen molar-refractivity contribution < 1.29 is 14.6 Å². The molecule has 0 spiro atoms. The predicted molar refractivity (Wildman–Crippen MR) is 98.9 cm³/mol. The van der Waals surface area contributed by atoms with Crippen LogP contribution in [0.15, 0.2) is 52.5 Å². The van der Waals surface area contributed by atoms with Crippen molar-refractivity contribution >= 4 is 27.9 Å². The number of nitriles is 1. The standard InChI is InChI=1S/C19H17BrN2O3/c1-12(13-6-4-3-5-7-13)22-19(24)15(11-21)8-14-9-16(20)10-17(25-2)18(14)23/h3-10,12,23H,1-2H3,(H,22,24)/b15-8+/t12-/m0/s1. The Morgan fingerprint density at radius 2 is 2.04 bits per heavy atom. The number of benzene rings is 2. The summed E-state index contributed by atoms with van der Waals surface area (Å²) in [6.45, 7) is 1.84. The molecule has 2 rings (SSSR count). The summed E-state index contributed by atoms with van der Waals surface area (Å²) >= 11 is 3.30. The van der Waals surface area contributed by atoms with Crippen LogP contribution in [-0.2, 0) is 4.79 Å². The fourth-order valence-electron chi connectivity index (χ4n) is 2.26. The number of hydrogen-bond donors (Lipinski definition) is 2. The van der Waals surface area contributed by atoms with Crippen molar-refractivity contribution in [1.82, 2.24) is 5.32 Å². The predicted octanol–water partition coefficient (Wildman–Crippen LogP) is 3.95. The van der Waals surface area contributed by atoms with Gasteiger partial charge in [-0.15, -0.1) is 0 Å². The number of rotatable bonds is 5. The van der Waals surface area contributed by atoms with Crippen LogP contribution in [0.25, 0.3) is 6.08 Å². The highest BCUT2D eigenvalue weighted by Crippen LogP contribution is 2.34. The maximum absolute atomic E-state index is 12.4. The summed E-state index contributed by atoms with van der Waals surface area (Å²) in [5.74, 6) is -0.407. The first-order chi connectivity index (χ1) is 12.0. The average molecular weight is 401 g/mol. The summed E-state index contributed by atoms with van der Waals surface area (Å²) < 4.78 is 5.73. The van der Waals surface area contributed by atoms with Crippen LogP contribution in [0.3, 0.4) is 0 Å². The SMILES string of the molecule is COc1cc(Br)cc(/C=C(\C#N)C(=O)N[C@@H](C)c2ccccc2)c1O. The molecule has 2 aromatic rings. The van der Waals surface area contributed by atoms with E-state index < -0.39 is 5.91 Å². The molecular formula is C19H17BrN2O3. The summed E-state index contributed by atoms with van der Waals surface area (Å²) in [4.78, 5) is 12.4. The number of phenols is 1. The zero-order valence-corrected chi connectivity index (χ0v) is 15.4. The Balaban J connectivity index is 2.27. The van der Waals surface area contributed by atoms with Crippen molar-refractivity contribution in [1.29, 1.82) is 5.26 Å². The summed E-state index contributed by atoms with van der Waals surface area (Å²) in [6, 6.07) is 14.3. The Hall–Kier alpha value is -2.78. The van der Waals surface area contributed by atoms with Crippen LogP contribution < -0.4 is 10.1 Å². The highest BCUT2D eigenvalue weighted by atomic mass is 79.9. The maximum atomic E-state index is 12.4. The number of aromatic hydroxyl groups is 1. The van der Waals surface area contributed by atoms with Gasteiger partial charge in [0.2, 0.25) is 0 Å². The lowest BCUT2D eigenvalue weighted by atomic mass is 10.1. The maximum Gasteiger partial charge on any atom is 0.262 e. The van der Waals surface area contributed by atoms with Crippen LogP contribution in [0, 0.1) is 11.3 Å². The van der Waals surface area contributed by atoms with Gasteiger partial charge in [0.05, 0.1) is 13.2 Å². The number of phenolic OH excluding ortho intramolecular Hbond substituents is 1. The fraction of sp³-hybridized carbons (Fsp3) is 0.158. The number of hydrogen-bond acceptors (Lipinski definition) is 4. The lowest BCUT2D eigenvalue weighted by molar-refractivity contribution is -0.117. The van der Waals surface area contributed by atoms with Gasteiger partial charge < -0.3 is 15.2 Å². The van der Waals surface area contributed by atoms with Gasteiger partial charge in [0.1, 0.15) is 11.6 Å². The number of amides is 1. The van der Waals surface area contributed by atoms with E-state index in [0.29, 0.717) is 10.0 Å². The third kappa shape index (κ3) is 4.61. The van der Waals surface area contributed by atoms with Crippen molar-refractivity contribution in [3.63, 3.8) is 0 Å². The Morgan fingerprint density at radius 3 is 2.64 bits per heavy atom. The Morgan fingerprint density at radius 1 is 1.36 bits per heavy atom. The molecule has 5 nitrogen and oxygen atoms in total. The first kappa shape index (κ1) is 18.6. The van der Waals surface area contributed by atoms with Crippen molar-refractivity contribution in [2.45, 2.75) is 13.0 Å². The molecule has 0 aromatic heterocycles. The van der Waals surface area contributed by atoms with Crippen LogP contribution in [0.1, 0.15) is 24.1 Å². The summed E-state index contributed by atoms with van der Waals surface area (Å²) in [7, 11) is 1.43. The van der Waals surface area contributed by atoms with Crippen LogP contribution >= 0.6 is 15.9 Å². The quantitative estimate of drug-likeness (QED) is 0.587. The fourth-order valence-corrected chi connectivity index (χ4v) is 2.72. The van der Waals surface area contributed by atoms with E-state index in [1.807, 2.05) is 43.3 Å². The molecule has 0 radical (unpaired) electrons. The van der Waals surface area contributed by atoms with Crippen molar-refractivity contribution in [3.8, 4) is 17.6 Å². The molecule has 0 bridgehead atoms. The van der Waals surface area contributed by atoms with E-state index >= 15 is 0 Å². The van der Waals surface area contributed by atoms with E-state index in [2.05, 4.69) is 21.2 Å². The molecule has 0 saturated heterocycles. The number of carbonyl (C=O) groups is 1. The van der Waals surface area contributed by atoms with Crippen LogP contribution in [0.4, 0.5) is 0 Å². The molecule has 0 fully saturated rings. The molecular weight excluding hydrogens is 384 g/mol. The molecule has 0 aliphatic rings. The molecule has 128 valence electrons. The number of nitrogens with zero attached hydrogens (tertiary/aromatic N) is 1. The molecule has 2 aromatic carbocycles. The van der Waals surface area contributed by atoms with Crippen molar-refractivity contribution in [2.75, 3.05) is 7.11 Å². The molecule has 1 amide bonds. The minimum Gasteiger partial charge on any atom is -0.504 e. The molecule has 6 heteroatoms. The van der Waals surface area contributed by atoms with E-state index in [1.54, 1.807) is 12.1 Å². The highest BCUT2D eigenvalue weighted by Gasteiger charge is 2.16. The summed E-state index contributed by atoms with van der Waals surface area (Å²) in [6.07, 6.45) is 1.33. The average Bonchev–Trinajstić information content (AvgIpc) is 2.62. The molecule has 0 heterocycles. The minimum atomic E-state index is -0.516. The Labute approximate surface area is 154 Å². The molecule has 0 aliphatic heterocycles. The molecule has 2 N–H and O–H groups in total. The second kappa shape index (κ2) is 8.36. The summed E-state index contributed by atoms with van der Waals surface area (Å²) in [5, 5.41) is 22.3. The molecule has 0 unspecified atom stereocenters. The topological polar surface area (TPSA) is 82.3 Å².